The van der Waals surface area contributed by atoms with Crippen molar-refractivity contribution in [3.8, 4) is 22.4 Å². The van der Waals surface area contributed by atoms with Gasteiger partial charge in [0.15, 0.2) is 0 Å². The third kappa shape index (κ3) is 9.25. The maximum atomic E-state index is 8.60. The Morgan fingerprint density at radius 1 is 0.806 bits per heavy atom. The molecule has 0 amide bonds. The summed E-state index contributed by atoms with van der Waals surface area (Å²) in [6.45, 7) is 16.7. The van der Waals surface area contributed by atoms with Crippen LogP contribution in [0.2, 0.25) is 19.6 Å². The summed E-state index contributed by atoms with van der Waals surface area (Å²) in [6, 6.07) is 45.1. The average molecular weight is 1020 g/mol. The van der Waals surface area contributed by atoms with Crippen LogP contribution in [0.1, 0.15) is 97.0 Å². The van der Waals surface area contributed by atoms with Crippen molar-refractivity contribution < 1.29 is 34.1 Å². The number of fused-ring (bicyclic) bond motifs is 4. The molecule has 9 rings (SSSR count). The van der Waals surface area contributed by atoms with E-state index in [2.05, 4.69) is 154 Å². The van der Waals surface area contributed by atoms with E-state index in [-0.39, 0.29) is 49.8 Å². The predicted molar refractivity (Wildman–Crippen MR) is 262 cm³/mol. The Hall–Kier alpha value is -5.26. The van der Waals surface area contributed by atoms with Gasteiger partial charge in [0.05, 0.1) is 8.07 Å². The summed E-state index contributed by atoms with van der Waals surface area (Å²) in [6.07, 6.45) is -0.108. The van der Waals surface area contributed by atoms with Crippen molar-refractivity contribution in [2.24, 2.45) is 5.92 Å². The van der Waals surface area contributed by atoms with E-state index in [0.29, 0.717) is 28.7 Å². The molecule has 62 heavy (non-hydrogen) atoms. The molecule has 8 aromatic rings. The number of aromatic nitrogens is 1. The Balaban J connectivity index is 0.000000215. The normalized spacial score (nSPS) is 15.7. The summed E-state index contributed by atoms with van der Waals surface area (Å²) in [5, 5.41) is 8.44. The molecule has 6 aromatic carbocycles. The fourth-order valence-electron chi connectivity index (χ4n) is 8.14. The van der Waals surface area contributed by atoms with E-state index in [1.54, 1.807) is 12.3 Å². The van der Waals surface area contributed by atoms with E-state index >= 15 is 0 Å². The Morgan fingerprint density at radius 2 is 1.50 bits per heavy atom. The average Bonchev–Trinajstić information content (AvgIpc) is 3.86. The molecule has 0 spiro atoms. The third-order valence-corrected chi connectivity index (χ3v) is 13.1. The molecule has 316 valence electrons. The Bertz CT molecular complexity index is 3090. The Kier molecular flexibility index (Phi) is 10.9. The van der Waals surface area contributed by atoms with Gasteiger partial charge in [0.25, 0.3) is 0 Å². The molecule has 0 N–H and O–H groups in total. The van der Waals surface area contributed by atoms with E-state index in [9.17, 15) is 0 Å². The fourth-order valence-corrected chi connectivity index (χ4v) is 9.54. The number of benzene rings is 6. The first-order valence-corrected chi connectivity index (χ1v) is 24.8. The zero-order valence-electron chi connectivity index (χ0n) is 43.9. The molecule has 2 aromatic heterocycles. The van der Waals surface area contributed by atoms with Crippen LogP contribution in [0, 0.1) is 24.9 Å². The minimum atomic E-state index is -2.56. The molecular weight excluding hydrogens is 951 g/mol. The van der Waals surface area contributed by atoms with Gasteiger partial charge in [-0.15, -0.1) is 47.1 Å². The number of nitrogens with zero attached hydrogens (tertiary/aromatic N) is 3. The third-order valence-electron chi connectivity index (χ3n) is 11.1. The van der Waals surface area contributed by atoms with Gasteiger partial charge >= 0.3 is 20.1 Å². The number of rotatable bonds is 9. The number of hydrogen-bond donors (Lipinski definition) is 0. The molecule has 1 aliphatic heterocycles. The van der Waals surface area contributed by atoms with Gasteiger partial charge in [-0.3, -0.25) is 0 Å². The van der Waals surface area contributed by atoms with Gasteiger partial charge in [-0.25, -0.2) is 0 Å². The summed E-state index contributed by atoms with van der Waals surface area (Å²) in [5.74, 6) is 0.404. The summed E-state index contributed by atoms with van der Waals surface area (Å²) in [4.78, 5) is 6.91. The number of anilines is 2. The van der Waals surface area contributed by atoms with Crippen LogP contribution in [0.5, 0.6) is 0 Å². The zero-order chi connectivity index (χ0) is 49.0. The minimum Gasteiger partial charge on any atom is -0.661 e. The van der Waals surface area contributed by atoms with E-state index < -0.39 is 21.3 Å². The van der Waals surface area contributed by atoms with Crippen molar-refractivity contribution in [1.82, 2.24) is 4.98 Å². The zero-order valence-corrected chi connectivity index (χ0v) is 40.3. The Morgan fingerprint density at radius 3 is 2.18 bits per heavy atom. The number of pyridine rings is 1. The standard InChI is InChI=1S/C37H32N2O.C19H26NSi.Ir/c1-23(2)29-21-27(25-12-6-5-7-13-25)22-30(24(3)4)36(29)39-33-16-10-9-15-32(33)38-37(39)26-18-19-35-31(20-26)28-14-8-11-17-34(28)40-35;1-14(2)11-17-12-18(16-9-7-15(3)8-10-16)20-13-19(17)21(4,5)6;/h5-17,19-24,37H,1-4H3;7-9,12-14H,11H2,1-6H3;/q-2;-1;+3/i;3D3,7D,8D,11D2;. The van der Waals surface area contributed by atoms with Crippen LogP contribution >= 0.6 is 0 Å². The van der Waals surface area contributed by atoms with Gasteiger partial charge in [0.2, 0.25) is 0 Å². The van der Waals surface area contributed by atoms with Crippen molar-refractivity contribution in [3.63, 3.8) is 0 Å². The molecule has 0 saturated heterocycles. The van der Waals surface area contributed by atoms with Crippen LogP contribution < -0.4 is 10.1 Å². The van der Waals surface area contributed by atoms with Crippen LogP contribution in [-0.4, -0.2) is 13.1 Å². The van der Waals surface area contributed by atoms with Gasteiger partial charge in [-0.05, 0) is 87.7 Å². The number of hydrogen-bond acceptors (Lipinski definition) is 3. The second kappa shape index (κ2) is 18.6. The maximum Gasteiger partial charge on any atom is 3.00 e. The van der Waals surface area contributed by atoms with Crippen LogP contribution in [0.4, 0.5) is 17.1 Å². The van der Waals surface area contributed by atoms with Crippen LogP contribution in [0.3, 0.4) is 0 Å². The second-order valence-electron chi connectivity index (χ2n) is 17.8. The number of furan rings is 1. The van der Waals surface area contributed by atoms with Crippen LogP contribution in [0.15, 0.2) is 138 Å². The molecule has 0 bridgehead atoms. The van der Waals surface area contributed by atoms with Crippen molar-refractivity contribution >= 4 is 52.3 Å². The van der Waals surface area contributed by atoms with Crippen molar-refractivity contribution in [1.29, 1.82) is 0 Å². The SMILES string of the molecule is CC(C)c1cc(-c2ccccc2)cc(C(C)C)c1N1c2ccccc2[N-]C1c1[c-]cc2oc3ccccc3c2c1.[2H]c1[c-]c(-c2cc(C([2H])([2H])C(C)C)c([Si](C)(C)C)cn2)cc([2H])c1C([2H])([2H])[2H].[Ir+3]. The summed E-state index contributed by atoms with van der Waals surface area (Å²) < 4.78 is 61.9. The molecular formula is C56H58IrN3OSi. The first kappa shape index (κ1) is 36.2. The largest absolute Gasteiger partial charge is 3.00 e. The molecule has 0 aliphatic carbocycles. The first-order valence-electron chi connectivity index (χ1n) is 24.8. The fraction of sp³-hybridized carbons (Fsp3) is 0.268. The van der Waals surface area contributed by atoms with Gasteiger partial charge in [0.1, 0.15) is 5.58 Å². The summed E-state index contributed by atoms with van der Waals surface area (Å²) in [5.41, 5.74) is 12.3. The monoisotopic (exact) mass is 1020 g/mol. The summed E-state index contributed by atoms with van der Waals surface area (Å²) >= 11 is 0. The number of para-hydroxylation sites is 3. The van der Waals surface area contributed by atoms with E-state index in [1.807, 2.05) is 32.0 Å². The first-order chi connectivity index (χ1) is 32.1. The van der Waals surface area contributed by atoms with Crippen LogP contribution in [-0.2, 0) is 26.5 Å². The van der Waals surface area contributed by atoms with Crippen molar-refractivity contribution in [3.05, 3.63) is 179 Å². The molecule has 1 aliphatic rings. The molecule has 1 atom stereocenters. The molecule has 0 saturated carbocycles. The van der Waals surface area contributed by atoms with Gasteiger partial charge < -0.3 is 19.6 Å². The van der Waals surface area contributed by atoms with Gasteiger partial charge in [0, 0.05) is 38.1 Å². The molecule has 0 radical (unpaired) electrons. The summed E-state index contributed by atoms with van der Waals surface area (Å²) in [7, 11) is -1.87. The van der Waals surface area contributed by atoms with Crippen molar-refractivity contribution in [2.45, 2.75) is 92.4 Å². The maximum absolute atomic E-state index is 8.60. The van der Waals surface area contributed by atoms with Crippen molar-refractivity contribution in [2.75, 3.05) is 4.90 Å². The topological polar surface area (TPSA) is 43.4 Å². The smallest absolute Gasteiger partial charge is 0.661 e. The molecule has 1 unspecified atom stereocenters. The predicted octanol–water partition coefficient (Wildman–Crippen LogP) is 15.8. The molecule has 4 nitrogen and oxygen atoms in total. The van der Waals surface area contributed by atoms with E-state index in [1.165, 1.54) is 34.0 Å². The van der Waals surface area contributed by atoms with Gasteiger partial charge in [-0.2, -0.15) is 17.7 Å². The molecule has 6 heteroatoms. The minimum absolute atomic E-state index is 0. The van der Waals surface area contributed by atoms with Crippen LogP contribution in [0.25, 0.3) is 49.6 Å². The van der Waals surface area contributed by atoms with E-state index in [0.717, 1.165) is 44.1 Å². The molecule has 3 heterocycles. The quantitative estimate of drug-likeness (QED) is 0.107. The van der Waals surface area contributed by atoms with E-state index in [4.69, 9.17) is 19.3 Å². The Labute approximate surface area is 394 Å². The van der Waals surface area contributed by atoms with Gasteiger partial charge in [-0.1, -0.05) is 152 Å². The molecule has 0 fully saturated rings. The second-order valence-corrected chi connectivity index (χ2v) is 22.8.